The Morgan fingerprint density at radius 2 is 2.06 bits per heavy atom. The van der Waals surface area contributed by atoms with Crippen molar-refractivity contribution >= 4 is 15.7 Å². The summed E-state index contributed by atoms with van der Waals surface area (Å²) >= 11 is 0. The molecule has 1 aromatic carbocycles. The van der Waals surface area contributed by atoms with Crippen LogP contribution in [0.4, 0.5) is 5.69 Å². The number of nitrogens with two attached hydrogens (primary N) is 1. The minimum absolute atomic E-state index is 0.0638. The van der Waals surface area contributed by atoms with Crippen LogP contribution >= 0.6 is 0 Å². The van der Waals surface area contributed by atoms with Crippen molar-refractivity contribution in [3.8, 4) is 12.3 Å². The third-order valence-electron chi connectivity index (χ3n) is 2.76. The molecule has 0 spiro atoms. The van der Waals surface area contributed by atoms with Gasteiger partial charge in [-0.1, -0.05) is 25.8 Å². The molecule has 0 amide bonds. The van der Waals surface area contributed by atoms with Crippen LogP contribution in [0.2, 0.25) is 0 Å². The summed E-state index contributed by atoms with van der Waals surface area (Å²) in [7, 11) is -3.55. The Labute approximate surface area is 109 Å². The predicted molar refractivity (Wildman–Crippen MR) is 73.5 cm³/mol. The number of hydrogen-bond acceptors (Lipinski definition) is 3. The van der Waals surface area contributed by atoms with Crippen LogP contribution in [0.3, 0.4) is 0 Å². The van der Waals surface area contributed by atoms with Crippen molar-refractivity contribution in [3.63, 3.8) is 0 Å². The molecule has 18 heavy (non-hydrogen) atoms. The molecular formula is C13H18N2O2S. The first kappa shape index (κ1) is 14.6. The summed E-state index contributed by atoms with van der Waals surface area (Å²) < 4.78 is 25.8. The van der Waals surface area contributed by atoms with Crippen molar-refractivity contribution < 1.29 is 8.42 Å². The molecule has 2 N–H and O–H groups in total. The van der Waals surface area contributed by atoms with Gasteiger partial charge in [0.15, 0.2) is 0 Å². The standard InChI is InChI=1S/C13H18N2O2S/c1-4-9-15(6-3)18(16,17)12-8-7-11(5-2)13(14)10-12/h1,7-8,10H,5-6,9,14H2,2-3H3. The molecule has 0 aliphatic carbocycles. The van der Waals surface area contributed by atoms with Crippen LogP contribution in [0.15, 0.2) is 23.1 Å². The quantitative estimate of drug-likeness (QED) is 0.648. The normalized spacial score (nSPS) is 11.4. The van der Waals surface area contributed by atoms with Gasteiger partial charge >= 0.3 is 0 Å². The zero-order chi connectivity index (χ0) is 13.8. The molecule has 0 bridgehead atoms. The van der Waals surface area contributed by atoms with E-state index in [0.717, 1.165) is 12.0 Å². The van der Waals surface area contributed by atoms with Crippen LogP contribution in [-0.4, -0.2) is 25.8 Å². The van der Waals surface area contributed by atoms with Gasteiger partial charge < -0.3 is 5.73 Å². The van der Waals surface area contributed by atoms with Gasteiger partial charge in [-0.2, -0.15) is 4.31 Å². The highest BCUT2D eigenvalue weighted by Gasteiger charge is 2.22. The van der Waals surface area contributed by atoms with E-state index < -0.39 is 10.0 Å². The molecule has 0 radical (unpaired) electrons. The lowest BCUT2D eigenvalue weighted by Crippen LogP contribution is -2.31. The van der Waals surface area contributed by atoms with Crippen molar-refractivity contribution in [1.82, 2.24) is 4.31 Å². The summed E-state index contributed by atoms with van der Waals surface area (Å²) in [6.07, 6.45) is 5.95. The van der Waals surface area contributed by atoms with E-state index in [1.807, 2.05) is 6.92 Å². The van der Waals surface area contributed by atoms with E-state index in [-0.39, 0.29) is 11.4 Å². The first-order chi connectivity index (χ1) is 8.47. The molecule has 4 nitrogen and oxygen atoms in total. The molecule has 0 aliphatic heterocycles. The molecule has 0 aromatic heterocycles. The molecule has 0 saturated carbocycles. The average molecular weight is 266 g/mol. The third kappa shape index (κ3) is 2.84. The zero-order valence-corrected chi connectivity index (χ0v) is 11.5. The largest absolute Gasteiger partial charge is 0.398 e. The maximum absolute atomic E-state index is 12.3. The number of anilines is 1. The van der Waals surface area contributed by atoms with Gasteiger partial charge in [0.1, 0.15) is 0 Å². The van der Waals surface area contributed by atoms with Crippen molar-refractivity contribution in [3.05, 3.63) is 23.8 Å². The second-order valence-corrected chi connectivity index (χ2v) is 5.79. The lowest BCUT2D eigenvalue weighted by atomic mass is 10.1. The molecule has 0 atom stereocenters. The number of aryl methyl sites for hydroxylation is 1. The fourth-order valence-corrected chi connectivity index (χ4v) is 3.07. The summed E-state index contributed by atoms with van der Waals surface area (Å²) in [5, 5.41) is 0. The lowest BCUT2D eigenvalue weighted by Gasteiger charge is -2.18. The van der Waals surface area contributed by atoms with Gasteiger partial charge in [-0.15, -0.1) is 6.42 Å². The van der Waals surface area contributed by atoms with Gasteiger partial charge in [0.05, 0.1) is 11.4 Å². The van der Waals surface area contributed by atoms with Crippen molar-refractivity contribution in [2.24, 2.45) is 0 Å². The average Bonchev–Trinajstić information content (AvgIpc) is 2.35. The first-order valence-electron chi connectivity index (χ1n) is 5.79. The van der Waals surface area contributed by atoms with Crippen molar-refractivity contribution in [2.45, 2.75) is 25.2 Å². The molecular weight excluding hydrogens is 248 g/mol. The number of benzene rings is 1. The minimum Gasteiger partial charge on any atom is -0.398 e. The highest BCUT2D eigenvalue weighted by molar-refractivity contribution is 7.89. The maximum Gasteiger partial charge on any atom is 0.244 e. The van der Waals surface area contributed by atoms with Crippen LogP contribution in [0.25, 0.3) is 0 Å². The predicted octanol–water partition coefficient (Wildman–Crippen LogP) is 1.48. The molecule has 0 saturated heterocycles. The first-order valence-corrected chi connectivity index (χ1v) is 7.23. The van der Waals surface area contributed by atoms with E-state index in [4.69, 9.17) is 12.2 Å². The summed E-state index contributed by atoms with van der Waals surface area (Å²) in [5.41, 5.74) is 7.26. The second kappa shape index (κ2) is 5.89. The monoisotopic (exact) mass is 266 g/mol. The third-order valence-corrected chi connectivity index (χ3v) is 4.67. The Kier molecular flexibility index (Phi) is 4.76. The van der Waals surface area contributed by atoms with Gasteiger partial charge in [0, 0.05) is 12.2 Å². The van der Waals surface area contributed by atoms with Crippen molar-refractivity contribution in [2.75, 3.05) is 18.8 Å². The second-order valence-electron chi connectivity index (χ2n) is 3.85. The molecule has 0 aliphatic rings. The molecule has 98 valence electrons. The van der Waals surface area contributed by atoms with E-state index in [1.165, 1.54) is 10.4 Å². The summed E-state index contributed by atoms with van der Waals surface area (Å²) in [4.78, 5) is 0.189. The number of rotatable bonds is 5. The molecule has 0 fully saturated rings. The van der Waals surface area contributed by atoms with Crippen LogP contribution < -0.4 is 5.73 Å². The number of terminal acetylenes is 1. The van der Waals surface area contributed by atoms with Crippen LogP contribution in [-0.2, 0) is 16.4 Å². The molecule has 0 heterocycles. The summed E-state index contributed by atoms with van der Waals surface area (Å²) in [5.74, 6) is 2.35. The van der Waals surface area contributed by atoms with E-state index in [1.54, 1.807) is 19.1 Å². The fourth-order valence-electron chi connectivity index (χ4n) is 1.67. The Morgan fingerprint density at radius 1 is 1.39 bits per heavy atom. The maximum atomic E-state index is 12.3. The van der Waals surface area contributed by atoms with Gasteiger partial charge in [-0.25, -0.2) is 8.42 Å². The van der Waals surface area contributed by atoms with E-state index in [0.29, 0.717) is 12.2 Å². The van der Waals surface area contributed by atoms with Crippen molar-refractivity contribution in [1.29, 1.82) is 0 Å². The number of nitrogens with zero attached hydrogens (tertiary/aromatic N) is 1. The van der Waals surface area contributed by atoms with Crippen LogP contribution in [0.1, 0.15) is 19.4 Å². The minimum atomic E-state index is -3.55. The molecule has 1 rings (SSSR count). The molecule has 5 heteroatoms. The van der Waals surface area contributed by atoms with Gasteiger partial charge in [-0.05, 0) is 24.1 Å². The summed E-state index contributed by atoms with van der Waals surface area (Å²) in [6.45, 7) is 4.12. The van der Waals surface area contributed by atoms with Crippen LogP contribution in [0.5, 0.6) is 0 Å². The smallest absolute Gasteiger partial charge is 0.244 e. The Bertz CT molecular complexity index is 559. The van der Waals surface area contributed by atoms with Crippen LogP contribution in [0, 0.1) is 12.3 Å². The highest BCUT2D eigenvalue weighted by atomic mass is 32.2. The number of sulfonamides is 1. The topological polar surface area (TPSA) is 63.4 Å². The molecule has 0 unspecified atom stereocenters. The van der Waals surface area contributed by atoms with Gasteiger partial charge in [0.2, 0.25) is 10.0 Å². The number of nitrogen functional groups attached to an aromatic ring is 1. The SMILES string of the molecule is C#CCN(CC)S(=O)(=O)c1ccc(CC)c(N)c1. The molecule has 1 aromatic rings. The van der Waals surface area contributed by atoms with E-state index >= 15 is 0 Å². The summed E-state index contributed by atoms with van der Waals surface area (Å²) in [6, 6.07) is 4.81. The van der Waals surface area contributed by atoms with Gasteiger partial charge in [0.25, 0.3) is 0 Å². The van der Waals surface area contributed by atoms with E-state index in [9.17, 15) is 8.42 Å². The Morgan fingerprint density at radius 3 is 2.50 bits per heavy atom. The van der Waals surface area contributed by atoms with Gasteiger partial charge in [-0.3, -0.25) is 0 Å². The van der Waals surface area contributed by atoms with E-state index in [2.05, 4.69) is 5.92 Å². The highest BCUT2D eigenvalue weighted by Crippen LogP contribution is 2.21. The lowest BCUT2D eigenvalue weighted by molar-refractivity contribution is 0.464. The zero-order valence-electron chi connectivity index (χ0n) is 10.7. The number of hydrogen-bond donors (Lipinski definition) is 1. The Hall–Kier alpha value is -1.51. The Balaban J connectivity index is 3.20. The fraction of sp³-hybridized carbons (Fsp3) is 0.385.